The normalized spacial score (nSPS) is 12.8. The Morgan fingerprint density at radius 3 is 2.02 bits per heavy atom. The number of amides is 3. The summed E-state index contributed by atoms with van der Waals surface area (Å²) in [6, 6.07) is 28.7. The highest BCUT2D eigenvalue weighted by Crippen LogP contribution is 2.26. The van der Waals surface area contributed by atoms with E-state index in [0.717, 1.165) is 27.5 Å². The van der Waals surface area contributed by atoms with Gasteiger partial charge < -0.3 is 33.6 Å². The predicted octanol–water partition coefficient (Wildman–Crippen LogP) is 2.59. The molecule has 11 N–H and O–H groups in total. The number of carbonyl (C=O) groups excluding carboxylic acids is 3. The van der Waals surface area contributed by atoms with Crippen LogP contribution in [0.2, 0.25) is 0 Å². The third-order valence-electron chi connectivity index (χ3n) is 8.00. The highest BCUT2D eigenvalue weighted by molar-refractivity contribution is 5.95. The lowest BCUT2D eigenvalue weighted by Gasteiger charge is -2.25. The molecular formula is C36H42N8O3. The minimum absolute atomic E-state index is 0.0434. The second-order valence-corrected chi connectivity index (χ2v) is 11.5. The number of nitrogen functional groups attached to an aromatic ring is 1. The molecule has 4 aromatic carbocycles. The lowest BCUT2D eigenvalue weighted by molar-refractivity contribution is -0.132. The third kappa shape index (κ3) is 10.1. The molecule has 244 valence electrons. The molecule has 0 unspecified atom stereocenters. The third-order valence-corrected chi connectivity index (χ3v) is 8.00. The first-order chi connectivity index (χ1) is 22.6. The van der Waals surface area contributed by atoms with Crippen LogP contribution in [0.1, 0.15) is 47.4 Å². The molecule has 47 heavy (non-hydrogen) atoms. The van der Waals surface area contributed by atoms with E-state index < -0.39 is 29.8 Å². The smallest absolute Gasteiger partial charge is 0.243 e. The average molecular weight is 635 g/mol. The number of aryl methyl sites for hydroxylation is 1. The van der Waals surface area contributed by atoms with E-state index in [4.69, 9.17) is 28.3 Å². The number of benzene rings is 4. The highest BCUT2D eigenvalue weighted by atomic mass is 16.2. The van der Waals surface area contributed by atoms with Gasteiger partial charge in [-0.25, -0.2) is 0 Å². The van der Waals surface area contributed by atoms with Crippen molar-refractivity contribution in [1.29, 1.82) is 5.41 Å². The van der Waals surface area contributed by atoms with E-state index >= 15 is 0 Å². The van der Waals surface area contributed by atoms with E-state index in [1.54, 1.807) is 12.1 Å². The number of hydrogen-bond acceptors (Lipinski definition) is 5. The first-order valence-corrected chi connectivity index (χ1v) is 15.5. The summed E-state index contributed by atoms with van der Waals surface area (Å²) in [5.41, 5.74) is 25.3. The van der Waals surface area contributed by atoms with Gasteiger partial charge in [-0.3, -0.25) is 24.8 Å². The molecule has 0 aliphatic rings. The minimum atomic E-state index is -0.969. The van der Waals surface area contributed by atoms with Crippen LogP contribution in [0, 0.1) is 5.41 Å². The zero-order chi connectivity index (χ0) is 33.8. The molecule has 0 saturated carbocycles. The van der Waals surface area contributed by atoms with Crippen LogP contribution < -0.4 is 33.6 Å². The van der Waals surface area contributed by atoms with E-state index in [2.05, 4.69) is 15.6 Å². The molecule has 0 heterocycles. The summed E-state index contributed by atoms with van der Waals surface area (Å²) in [5, 5.41) is 15.5. The van der Waals surface area contributed by atoms with Crippen molar-refractivity contribution in [3.05, 3.63) is 119 Å². The topological polar surface area (TPSA) is 216 Å². The maximum Gasteiger partial charge on any atom is 0.243 e. The summed E-state index contributed by atoms with van der Waals surface area (Å²) in [7, 11) is 0. The summed E-state index contributed by atoms with van der Waals surface area (Å²) >= 11 is 0. The molecule has 0 bridgehead atoms. The summed E-state index contributed by atoms with van der Waals surface area (Å²) in [6.07, 6.45) is 1.79. The van der Waals surface area contributed by atoms with Crippen LogP contribution in [0.3, 0.4) is 0 Å². The molecule has 0 spiro atoms. The minimum Gasteiger partial charge on any atom is -0.384 e. The number of guanidine groups is 1. The molecule has 0 aromatic heterocycles. The van der Waals surface area contributed by atoms with Crippen molar-refractivity contribution in [3.63, 3.8) is 0 Å². The number of amidine groups is 1. The first kappa shape index (κ1) is 34.2. The standard InChI is InChI=1S/C36H42N8O3/c37-32(38)26-15-12-24(13-16-26)21-29(28-18-17-25-9-4-5-10-27(25)22-28)34(46)44-31(19-14-23-7-2-1-3-8-23)35(47)43-30(33(39)45)11-6-20-42-36(40)41/h1-5,7-10,12-13,15-18,22,29-31H,6,11,14,19-21H2,(H3,37,38)(H2,39,45)(H,43,47)(H,44,46)(H4,40,41,42)/t29-,30+,31+/m1/s1. The van der Waals surface area contributed by atoms with Crippen molar-refractivity contribution in [2.24, 2.45) is 27.9 Å². The number of carbonyl (C=O) groups is 3. The van der Waals surface area contributed by atoms with Crippen LogP contribution in [0.15, 0.2) is 102 Å². The van der Waals surface area contributed by atoms with Gasteiger partial charge in [0.1, 0.15) is 17.9 Å². The van der Waals surface area contributed by atoms with Crippen LogP contribution in [0.5, 0.6) is 0 Å². The fourth-order valence-corrected chi connectivity index (χ4v) is 5.40. The number of hydrogen-bond donors (Lipinski definition) is 7. The van der Waals surface area contributed by atoms with Gasteiger partial charge in [-0.2, -0.15) is 0 Å². The average Bonchev–Trinajstić information content (AvgIpc) is 3.06. The van der Waals surface area contributed by atoms with Crippen molar-refractivity contribution >= 4 is 40.3 Å². The Morgan fingerprint density at radius 2 is 1.36 bits per heavy atom. The second kappa shape index (κ2) is 16.6. The van der Waals surface area contributed by atoms with Crippen molar-refractivity contribution in [3.8, 4) is 0 Å². The van der Waals surface area contributed by atoms with Crippen molar-refractivity contribution < 1.29 is 14.4 Å². The number of primary amides is 1. The molecule has 11 heteroatoms. The van der Waals surface area contributed by atoms with Gasteiger partial charge in [0.05, 0.1) is 5.92 Å². The molecule has 0 saturated heterocycles. The first-order valence-electron chi connectivity index (χ1n) is 15.5. The predicted molar refractivity (Wildman–Crippen MR) is 186 cm³/mol. The molecule has 0 aliphatic heterocycles. The number of nitrogens with zero attached hydrogens (tertiary/aromatic N) is 1. The Kier molecular flexibility index (Phi) is 12.0. The fraction of sp³-hybridized carbons (Fsp3) is 0.250. The zero-order valence-electron chi connectivity index (χ0n) is 26.2. The Balaban J connectivity index is 1.61. The van der Waals surface area contributed by atoms with Gasteiger partial charge in [0, 0.05) is 12.1 Å². The van der Waals surface area contributed by atoms with Gasteiger partial charge in [0.25, 0.3) is 0 Å². The molecule has 0 radical (unpaired) electrons. The van der Waals surface area contributed by atoms with E-state index in [-0.39, 0.29) is 30.7 Å². The quantitative estimate of drug-likeness (QED) is 0.0558. The molecule has 4 aromatic rings. The maximum atomic E-state index is 14.2. The van der Waals surface area contributed by atoms with Crippen molar-refractivity contribution in [2.45, 2.75) is 50.1 Å². The fourth-order valence-electron chi connectivity index (χ4n) is 5.40. The van der Waals surface area contributed by atoms with Crippen LogP contribution in [-0.4, -0.2) is 48.1 Å². The number of nitrogens with one attached hydrogen (secondary N) is 3. The summed E-state index contributed by atoms with van der Waals surface area (Å²) in [5.74, 6) is -2.31. The van der Waals surface area contributed by atoms with Crippen LogP contribution in [0.25, 0.3) is 10.8 Å². The van der Waals surface area contributed by atoms with Gasteiger partial charge >= 0.3 is 0 Å². The Bertz CT molecular complexity index is 1720. The number of nitrogens with two attached hydrogens (primary N) is 4. The number of fused-ring (bicyclic) bond motifs is 1. The SMILES string of the molecule is N=C(N)c1ccc(C[C@@H](C(=O)N[C@@H](CCc2ccccc2)C(=O)N[C@@H](CCCN=C(N)N)C(N)=O)c2ccc3ccccc3c2)cc1. The number of rotatable bonds is 16. The Labute approximate surface area is 274 Å². The van der Waals surface area contributed by atoms with Gasteiger partial charge in [0.2, 0.25) is 17.7 Å². The summed E-state index contributed by atoms with van der Waals surface area (Å²) in [4.78, 5) is 44.1. The summed E-state index contributed by atoms with van der Waals surface area (Å²) < 4.78 is 0. The van der Waals surface area contributed by atoms with Gasteiger partial charge in [-0.15, -0.1) is 0 Å². The van der Waals surface area contributed by atoms with Crippen LogP contribution >= 0.6 is 0 Å². The molecule has 0 fully saturated rings. The highest BCUT2D eigenvalue weighted by Gasteiger charge is 2.29. The van der Waals surface area contributed by atoms with Gasteiger partial charge in [-0.05, 0) is 59.6 Å². The van der Waals surface area contributed by atoms with E-state index in [0.29, 0.717) is 31.2 Å². The zero-order valence-corrected chi connectivity index (χ0v) is 26.2. The van der Waals surface area contributed by atoms with Crippen molar-refractivity contribution in [2.75, 3.05) is 6.54 Å². The lowest BCUT2D eigenvalue weighted by atomic mass is 9.89. The molecular weight excluding hydrogens is 592 g/mol. The second-order valence-electron chi connectivity index (χ2n) is 11.5. The monoisotopic (exact) mass is 634 g/mol. The number of aliphatic imine (C=N–C) groups is 1. The van der Waals surface area contributed by atoms with E-state index in [1.165, 1.54) is 0 Å². The van der Waals surface area contributed by atoms with Crippen LogP contribution in [-0.2, 0) is 27.2 Å². The van der Waals surface area contributed by atoms with Crippen LogP contribution in [0.4, 0.5) is 0 Å². The van der Waals surface area contributed by atoms with E-state index in [1.807, 2.05) is 84.9 Å². The molecule has 3 amide bonds. The Morgan fingerprint density at radius 1 is 0.702 bits per heavy atom. The maximum absolute atomic E-state index is 14.2. The molecule has 3 atom stereocenters. The van der Waals surface area contributed by atoms with Gasteiger partial charge in [0.15, 0.2) is 5.96 Å². The Hall–Kier alpha value is -5.71. The molecule has 4 rings (SSSR count). The lowest BCUT2D eigenvalue weighted by Crippen LogP contribution is -2.53. The molecule has 11 nitrogen and oxygen atoms in total. The van der Waals surface area contributed by atoms with Gasteiger partial charge in [-0.1, -0.05) is 97.1 Å². The largest absolute Gasteiger partial charge is 0.384 e. The van der Waals surface area contributed by atoms with E-state index in [9.17, 15) is 14.4 Å². The molecule has 0 aliphatic carbocycles. The summed E-state index contributed by atoms with van der Waals surface area (Å²) in [6.45, 7) is 0.275. The van der Waals surface area contributed by atoms with Crippen molar-refractivity contribution in [1.82, 2.24) is 10.6 Å².